The highest BCUT2D eigenvalue weighted by atomic mass is 32.1. The predicted octanol–water partition coefficient (Wildman–Crippen LogP) is 2.60. The summed E-state index contributed by atoms with van der Waals surface area (Å²) in [6.07, 6.45) is 2.39. The number of carbonyl (C=O) groups is 1. The fourth-order valence-corrected chi connectivity index (χ4v) is 3.04. The Hall–Kier alpha value is -2.01. The van der Waals surface area contributed by atoms with E-state index in [1.54, 1.807) is 23.5 Å². The summed E-state index contributed by atoms with van der Waals surface area (Å²) in [4.78, 5) is 14.8. The van der Waals surface area contributed by atoms with Gasteiger partial charge < -0.3 is 16.4 Å². The largest absolute Gasteiger partial charge is 0.397 e. The number of primary amides is 1. The molecule has 104 valence electrons. The van der Waals surface area contributed by atoms with Crippen LogP contribution in [0.4, 0.5) is 11.4 Å². The van der Waals surface area contributed by atoms with Crippen LogP contribution in [0.25, 0.3) is 0 Å². The molecule has 0 atom stereocenters. The minimum Gasteiger partial charge on any atom is -0.397 e. The molecule has 1 aromatic heterocycles. The van der Waals surface area contributed by atoms with E-state index in [1.807, 2.05) is 6.07 Å². The van der Waals surface area contributed by atoms with Gasteiger partial charge in [-0.05, 0) is 42.5 Å². The van der Waals surface area contributed by atoms with Crippen molar-refractivity contribution in [3.8, 4) is 0 Å². The molecule has 1 fully saturated rings. The van der Waals surface area contributed by atoms with Crippen LogP contribution in [0.15, 0.2) is 35.7 Å². The molecule has 5 heteroatoms. The van der Waals surface area contributed by atoms with Gasteiger partial charge in [-0.3, -0.25) is 4.79 Å². The Kier molecular flexibility index (Phi) is 3.36. The van der Waals surface area contributed by atoms with Crippen molar-refractivity contribution < 1.29 is 4.79 Å². The Morgan fingerprint density at radius 1 is 1.35 bits per heavy atom. The van der Waals surface area contributed by atoms with Gasteiger partial charge in [-0.1, -0.05) is 6.07 Å². The third-order valence-corrected chi connectivity index (χ3v) is 4.38. The zero-order valence-electron chi connectivity index (χ0n) is 11.1. The zero-order valence-corrected chi connectivity index (χ0v) is 11.9. The molecule has 0 saturated heterocycles. The van der Waals surface area contributed by atoms with Gasteiger partial charge in [0.2, 0.25) is 5.91 Å². The number of benzene rings is 1. The summed E-state index contributed by atoms with van der Waals surface area (Å²) in [7, 11) is 0. The molecule has 20 heavy (non-hydrogen) atoms. The lowest BCUT2D eigenvalue weighted by Crippen LogP contribution is -2.25. The highest BCUT2D eigenvalue weighted by Crippen LogP contribution is 2.36. The Balaban J connectivity index is 1.89. The number of hydrogen-bond acceptors (Lipinski definition) is 4. The Labute approximate surface area is 122 Å². The summed E-state index contributed by atoms with van der Waals surface area (Å²) in [6, 6.07) is 10.1. The maximum absolute atomic E-state index is 11.2. The van der Waals surface area contributed by atoms with E-state index in [0.29, 0.717) is 17.3 Å². The van der Waals surface area contributed by atoms with Gasteiger partial charge in [0.1, 0.15) is 0 Å². The van der Waals surface area contributed by atoms with Gasteiger partial charge in [-0.25, -0.2) is 0 Å². The summed E-state index contributed by atoms with van der Waals surface area (Å²) < 4.78 is 0. The molecule has 3 rings (SSSR count). The van der Waals surface area contributed by atoms with E-state index in [2.05, 4.69) is 22.4 Å². The van der Waals surface area contributed by atoms with Crippen molar-refractivity contribution in [3.05, 3.63) is 46.2 Å². The molecule has 0 radical (unpaired) electrons. The van der Waals surface area contributed by atoms with Gasteiger partial charge in [0, 0.05) is 16.5 Å². The molecule has 0 unspecified atom stereocenters. The number of nitrogens with two attached hydrogens (primary N) is 2. The van der Waals surface area contributed by atoms with Crippen molar-refractivity contribution in [2.24, 2.45) is 5.73 Å². The Morgan fingerprint density at radius 3 is 2.70 bits per heavy atom. The molecule has 1 heterocycles. The lowest BCUT2D eigenvalue weighted by molar-refractivity contribution is 0.100. The van der Waals surface area contributed by atoms with E-state index in [4.69, 9.17) is 11.5 Å². The summed E-state index contributed by atoms with van der Waals surface area (Å²) in [5.74, 6) is -0.445. The van der Waals surface area contributed by atoms with E-state index in [0.717, 1.165) is 12.2 Å². The second kappa shape index (κ2) is 5.17. The van der Waals surface area contributed by atoms with Crippen LogP contribution in [0.2, 0.25) is 0 Å². The number of thiophene rings is 1. The fourth-order valence-electron chi connectivity index (χ4n) is 2.34. The summed E-state index contributed by atoms with van der Waals surface area (Å²) in [5, 5.41) is 2.08. The minimum atomic E-state index is -0.445. The quantitative estimate of drug-likeness (QED) is 0.830. The molecular weight excluding hydrogens is 270 g/mol. The van der Waals surface area contributed by atoms with Crippen LogP contribution in [0.1, 0.15) is 28.1 Å². The third kappa shape index (κ3) is 2.63. The van der Waals surface area contributed by atoms with Gasteiger partial charge in [0.05, 0.1) is 17.9 Å². The number of anilines is 2. The molecule has 2 aromatic rings. The van der Waals surface area contributed by atoms with Crippen LogP contribution in [0, 0.1) is 0 Å². The number of amides is 1. The normalized spacial score (nSPS) is 14.2. The highest BCUT2D eigenvalue weighted by molar-refractivity contribution is 7.09. The Bertz CT molecular complexity index is 620. The highest BCUT2D eigenvalue weighted by Gasteiger charge is 2.30. The first-order valence-corrected chi connectivity index (χ1v) is 7.51. The molecule has 0 bridgehead atoms. The molecule has 1 aliphatic carbocycles. The second-order valence-corrected chi connectivity index (χ2v) is 6.11. The van der Waals surface area contributed by atoms with Crippen molar-refractivity contribution >= 4 is 28.6 Å². The number of nitrogens with zero attached hydrogens (tertiary/aromatic N) is 1. The number of hydrogen-bond donors (Lipinski definition) is 2. The van der Waals surface area contributed by atoms with Gasteiger partial charge in [0.15, 0.2) is 0 Å². The molecular formula is C15H17N3OS. The molecule has 1 aliphatic rings. The maximum Gasteiger partial charge on any atom is 0.248 e. The van der Waals surface area contributed by atoms with E-state index in [-0.39, 0.29) is 0 Å². The molecule has 4 N–H and O–H groups in total. The van der Waals surface area contributed by atoms with E-state index < -0.39 is 5.91 Å². The Morgan fingerprint density at radius 2 is 2.15 bits per heavy atom. The predicted molar refractivity (Wildman–Crippen MR) is 82.9 cm³/mol. The topological polar surface area (TPSA) is 72.4 Å². The number of carbonyl (C=O) groups excluding carboxylic acids is 1. The van der Waals surface area contributed by atoms with Crippen LogP contribution < -0.4 is 16.4 Å². The van der Waals surface area contributed by atoms with Crippen molar-refractivity contribution in [2.75, 3.05) is 10.6 Å². The van der Waals surface area contributed by atoms with Crippen molar-refractivity contribution in [2.45, 2.75) is 25.4 Å². The molecule has 1 aromatic carbocycles. The standard InChI is InChI=1S/C15H17N3OS/c16-13-8-10(15(17)19)3-6-14(13)18(11-4-5-11)9-12-2-1-7-20-12/h1-3,6-8,11H,4-5,9,16H2,(H2,17,19). The second-order valence-electron chi connectivity index (χ2n) is 5.08. The van der Waals surface area contributed by atoms with Crippen LogP contribution in [0.3, 0.4) is 0 Å². The van der Waals surface area contributed by atoms with Crippen LogP contribution in [0.5, 0.6) is 0 Å². The van der Waals surface area contributed by atoms with Crippen LogP contribution >= 0.6 is 11.3 Å². The van der Waals surface area contributed by atoms with Crippen LogP contribution in [-0.2, 0) is 6.54 Å². The van der Waals surface area contributed by atoms with Gasteiger partial charge in [-0.2, -0.15) is 0 Å². The van der Waals surface area contributed by atoms with E-state index in [9.17, 15) is 4.79 Å². The van der Waals surface area contributed by atoms with Crippen molar-refractivity contribution in [1.82, 2.24) is 0 Å². The smallest absolute Gasteiger partial charge is 0.248 e. The third-order valence-electron chi connectivity index (χ3n) is 3.52. The first-order chi connectivity index (χ1) is 9.65. The number of rotatable bonds is 5. The van der Waals surface area contributed by atoms with E-state index >= 15 is 0 Å². The van der Waals surface area contributed by atoms with Crippen molar-refractivity contribution in [1.29, 1.82) is 0 Å². The lowest BCUT2D eigenvalue weighted by Gasteiger charge is -2.25. The first kappa shape index (κ1) is 13.0. The van der Waals surface area contributed by atoms with E-state index in [1.165, 1.54) is 17.7 Å². The molecule has 1 amide bonds. The van der Waals surface area contributed by atoms with Gasteiger partial charge in [0.25, 0.3) is 0 Å². The monoisotopic (exact) mass is 287 g/mol. The molecule has 1 saturated carbocycles. The summed E-state index contributed by atoms with van der Waals surface area (Å²) >= 11 is 1.75. The summed E-state index contributed by atoms with van der Waals surface area (Å²) in [5.41, 5.74) is 13.5. The SMILES string of the molecule is NC(=O)c1ccc(N(Cc2cccs2)C2CC2)c(N)c1. The van der Waals surface area contributed by atoms with Gasteiger partial charge >= 0.3 is 0 Å². The summed E-state index contributed by atoms with van der Waals surface area (Å²) in [6.45, 7) is 0.864. The minimum absolute atomic E-state index is 0.445. The van der Waals surface area contributed by atoms with Crippen molar-refractivity contribution in [3.63, 3.8) is 0 Å². The molecule has 4 nitrogen and oxygen atoms in total. The average molecular weight is 287 g/mol. The number of nitrogen functional groups attached to an aromatic ring is 1. The fraction of sp³-hybridized carbons (Fsp3) is 0.267. The van der Waals surface area contributed by atoms with Gasteiger partial charge in [-0.15, -0.1) is 11.3 Å². The lowest BCUT2D eigenvalue weighted by atomic mass is 10.1. The molecule has 0 spiro atoms. The first-order valence-electron chi connectivity index (χ1n) is 6.63. The molecule has 0 aliphatic heterocycles. The average Bonchev–Trinajstić information content (AvgIpc) is 3.14. The van der Waals surface area contributed by atoms with Crippen LogP contribution in [-0.4, -0.2) is 11.9 Å². The zero-order chi connectivity index (χ0) is 14.1. The maximum atomic E-state index is 11.2.